The predicted octanol–water partition coefficient (Wildman–Crippen LogP) is 1.13. The summed E-state index contributed by atoms with van der Waals surface area (Å²) in [7, 11) is 0. The number of rotatable bonds is 4. The monoisotopic (exact) mass is 376 g/mol. The standard InChI is InChI=1S/C14H20N6O2.2ClH/c15-14-18-12(17-8-1-2-8)11-13(19-14)20(6-16-11)9-3-7(5-21)10(22)4-9;;/h6-10,21-22H,1-5H2,(H3,15,17,18,19);2*1H. The smallest absolute Gasteiger partial charge is 0.224 e. The van der Waals surface area contributed by atoms with E-state index in [9.17, 15) is 10.2 Å². The van der Waals surface area contributed by atoms with Crippen LogP contribution in [0.15, 0.2) is 6.33 Å². The number of hydrogen-bond acceptors (Lipinski definition) is 7. The molecule has 2 fully saturated rings. The van der Waals surface area contributed by atoms with Gasteiger partial charge in [-0.3, -0.25) is 0 Å². The number of hydrogen-bond donors (Lipinski definition) is 4. The Hall–Kier alpha value is -1.35. The molecule has 0 saturated heterocycles. The van der Waals surface area contributed by atoms with Crippen molar-refractivity contribution in [1.82, 2.24) is 19.5 Å². The van der Waals surface area contributed by atoms with E-state index in [0.29, 0.717) is 35.9 Å². The van der Waals surface area contributed by atoms with Gasteiger partial charge in [0.25, 0.3) is 0 Å². The summed E-state index contributed by atoms with van der Waals surface area (Å²) in [6.07, 6.45) is 4.81. The fourth-order valence-corrected chi connectivity index (χ4v) is 3.22. The Labute approximate surface area is 151 Å². The Bertz CT molecular complexity index is 708. The first-order chi connectivity index (χ1) is 10.7. The lowest BCUT2D eigenvalue weighted by Gasteiger charge is -2.13. The van der Waals surface area contributed by atoms with Crippen molar-refractivity contribution >= 4 is 47.7 Å². The van der Waals surface area contributed by atoms with Crippen molar-refractivity contribution in [2.24, 2.45) is 5.92 Å². The first-order valence-corrected chi connectivity index (χ1v) is 7.71. The van der Waals surface area contributed by atoms with Crippen LogP contribution in [-0.2, 0) is 0 Å². The number of nitrogen functional groups attached to an aromatic ring is 1. The van der Waals surface area contributed by atoms with Gasteiger partial charge in [-0.15, -0.1) is 24.8 Å². The van der Waals surface area contributed by atoms with Gasteiger partial charge in [-0.25, -0.2) is 4.98 Å². The second kappa shape index (κ2) is 7.26. The van der Waals surface area contributed by atoms with Crippen molar-refractivity contribution in [3.8, 4) is 0 Å². The number of aliphatic hydroxyl groups is 2. The van der Waals surface area contributed by atoms with Crippen LogP contribution >= 0.6 is 24.8 Å². The van der Waals surface area contributed by atoms with E-state index >= 15 is 0 Å². The fraction of sp³-hybridized carbons (Fsp3) is 0.643. The summed E-state index contributed by atoms with van der Waals surface area (Å²) in [6, 6.07) is 0.523. The van der Waals surface area contributed by atoms with Crippen molar-refractivity contribution < 1.29 is 10.2 Å². The third-order valence-corrected chi connectivity index (χ3v) is 4.62. The van der Waals surface area contributed by atoms with E-state index in [2.05, 4.69) is 20.3 Å². The highest BCUT2D eigenvalue weighted by Gasteiger charge is 2.34. The Balaban J connectivity index is 0.00000104. The number of aliphatic hydroxyl groups excluding tert-OH is 2. The Kier molecular flexibility index (Phi) is 5.74. The lowest BCUT2D eigenvalue weighted by atomic mass is 10.1. The molecule has 3 unspecified atom stereocenters. The van der Waals surface area contributed by atoms with Gasteiger partial charge in [0, 0.05) is 24.6 Å². The zero-order chi connectivity index (χ0) is 15.3. The molecule has 5 N–H and O–H groups in total. The van der Waals surface area contributed by atoms with Crippen LogP contribution in [0.4, 0.5) is 11.8 Å². The lowest BCUT2D eigenvalue weighted by Crippen LogP contribution is -2.16. The molecule has 3 atom stereocenters. The first-order valence-electron chi connectivity index (χ1n) is 7.71. The van der Waals surface area contributed by atoms with E-state index in [4.69, 9.17) is 5.73 Å². The number of fused-ring (bicyclic) bond motifs is 1. The Morgan fingerprint density at radius 1 is 1.25 bits per heavy atom. The van der Waals surface area contributed by atoms with E-state index in [-0.39, 0.29) is 49.3 Å². The summed E-state index contributed by atoms with van der Waals surface area (Å²) in [4.78, 5) is 13.0. The number of anilines is 2. The number of aromatic nitrogens is 4. The molecule has 2 saturated carbocycles. The molecule has 0 spiro atoms. The van der Waals surface area contributed by atoms with Gasteiger partial charge in [-0.05, 0) is 25.7 Å². The van der Waals surface area contributed by atoms with Crippen LogP contribution in [0.2, 0.25) is 0 Å². The highest BCUT2D eigenvalue weighted by Crippen LogP contribution is 2.37. The minimum absolute atomic E-state index is 0. The summed E-state index contributed by atoms with van der Waals surface area (Å²) >= 11 is 0. The molecule has 24 heavy (non-hydrogen) atoms. The molecule has 2 aliphatic carbocycles. The molecule has 0 radical (unpaired) electrons. The van der Waals surface area contributed by atoms with Crippen molar-refractivity contribution in [3.63, 3.8) is 0 Å². The molecule has 0 amide bonds. The van der Waals surface area contributed by atoms with Crippen molar-refractivity contribution in [2.75, 3.05) is 17.7 Å². The zero-order valence-corrected chi connectivity index (χ0v) is 14.6. The van der Waals surface area contributed by atoms with E-state index in [1.807, 2.05) is 4.57 Å². The third kappa shape index (κ3) is 3.37. The van der Waals surface area contributed by atoms with Gasteiger partial charge in [0.15, 0.2) is 17.0 Å². The van der Waals surface area contributed by atoms with E-state index < -0.39 is 6.10 Å². The first kappa shape index (κ1) is 19.0. The van der Waals surface area contributed by atoms with Gasteiger partial charge in [0.2, 0.25) is 5.95 Å². The predicted molar refractivity (Wildman–Crippen MR) is 95.7 cm³/mol. The summed E-state index contributed by atoms with van der Waals surface area (Å²) in [5.41, 5.74) is 7.23. The number of nitrogens with zero attached hydrogens (tertiary/aromatic N) is 4. The molecule has 2 aromatic heterocycles. The Morgan fingerprint density at radius 3 is 2.62 bits per heavy atom. The van der Waals surface area contributed by atoms with Crippen molar-refractivity contribution in [3.05, 3.63) is 6.33 Å². The SMILES string of the molecule is Cl.Cl.Nc1nc(NC2CC2)c2ncn(C3CC(O)C(CO)C3)c2n1. The number of nitrogens with two attached hydrogens (primary N) is 1. The van der Waals surface area contributed by atoms with Gasteiger partial charge in [-0.2, -0.15) is 9.97 Å². The van der Waals surface area contributed by atoms with Crippen molar-refractivity contribution in [2.45, 2.75) is 43.9 Å². The average molecular weight is 377 g/mol. The molecule has 0 bridgehead atoms. The molecular formula is C14H22Cl2N6O2. The molecule has 8 nitrogen and oxygen atoms in total. The van der Waals surface area contributed by atoms with Crippen LogP contribution in [-0.4, -0.2) is 48.5 Å². The van der Waals surface area contributed by atoms with Crippen LogP contribution in [0.5, 0.6) is 0 Å². The van der Waals surface area contributed by atoms with Gasteiger partial charge >= 0.3 is 0 Å². The maximum Gasteiger partial charge on any atom is 0.224 e. The number of imidazole rings is 1. The van der Waals surface area contributed by atoms with Crippen LogP contribution in [0.1, 0.15) is 31.7 Å². The summed E-state index contributed by atoms with van der Waals surface area (Å²) < 4.78 is 1.95. The molecule has 134 valence electrons. The van der Waals surface area contributed by atoms with Gasteiger partial charge < -0.3 is 25.8 Å². The fourth-order valence-electron chi connectivity index (χ4n) is 3.22. The van der Waals surface area contributed by atoms with Gasteiger partial charge in [0.1, 0.15) is 0 Å². The van der Waals surface area contributed by atoms with E-state index in [1.54, 1.807) is 6.33 Å². The van der Waals surface area contributed by atoms with Crippen LogP contribution in [0.3, 0.4) is 0 Å². The highest BCUT2D eigenvalue weighted by atomic mass is 35.5. The second-order valence-electron chi connectivity index (χ2n) is 6.31. The zero-order valence-electron chi connectivity index (χ0n) is 13.0. The lowest BCUT2D eigenvalue weighted by molar-refractivity contribution is 0.0906. The molecule has 2 heterocycles. The molecule has 10 heteroatoms. The minimum Gasteiger partial charge on any atom is -0.396 e. The Morgan fingerprint density at radius 2 is 2.00 bits per heavy atom. The number of nitrogens with one attached hydrogen (secondary N) is 1. The largest absolute Gasteiger partial charge is 0.396 e. The number of halogens is 2. The molecule has 0 aromatic carbocycles. The molecule has 2 aliphatic rings. The van der Waals surface area contributed by atoms with E-state index in [1.165, 1.54) is 0 Å². The third-order valence-electron chi connectivity index (χ3n) is 4.62. The van der Waals surface area contributed by atoms with Crippen molar-refractivity contribution in [1.29, 1.82) is 0 Å². The van der Waals surface area contributed by atoms with Crippen LogP contribution in [0.25, 0.3) is 11.2 Å². The average Bonchev–Trinajstić information content (AvgIpc) is 3.07. The van der Waals surface area contributed by atoms with Gasteiger partial charge in [0.05, 0.1) is 12.4 Å². The highest BCUT2D eigenvalue weighted by molar-refractivity contribution is 5.86. The summed E-state index contributed by atoms with van der Waals surface area (Å²) in [5, 5.41) is 22.7. The maximum absolute atomic E-state index is 10.0. The van der Waals surface area contributed by atoms with Crippen LogP contribution in [0, 0.1) is 5.92 Å². The summed E-state index contributed by atoms with van der Waals surface area (Å²) in [5.74, 6) is 0.807. The normalized spacial score (nSPS) is 26.0. The van der Waals surface area contributed by atoms with E-state index in [0.717, 1.165) is 12.8 Å². The second-order valence-corrected chi connectivity index (χ2v) is 6.31. The summed E-state index contributed by atoms with van der Waals surface area (Å²) in [6.45, 7) is -0.00406. The van der Waals surface area contributed by atoms with Crippen LogP contribution < -0.4 is 11.1 Å². The molecular weight excluding hydrogens is 355 g/mol. The topological polar surface area (TPSA) is 122 Å². The minimum atomic E-state index is -0.490. The maximum atomic E-state index is 10.0. The molecule has 2 aromatic rings. The molecule has 4 rings (SSSR count). The molecule has 0 aliphatic heterocycles. The van der Waals surface area contributed by atoms with Gasteiger partial charge in [-0.1, -0.05) is 0 Å². The quantitative estimate of drug-likeness (QED) is 0.630.